The van der Waals surface area contributed by atoms with Crippen LogP contribution in [0.5, 0.6) is 5.75 Å². The second kappa shape index (κ2) is 5.44. The molecule has 0 fully saturated rings. The first-order valence-corrected chi connectivity index (χ1v) is 7.00. The van der Waals surface area contributed by atoms with E-state index in [0.29, 0.717) is 12.0 Å². The minimum Gasteiger partial charge on any atom is -0.462 e. The Balaban J connectivity index is 2.15. The van der Waals surface area contributed by atoms with Crippen LogP contribution in [0.2, 0.25) is 0 Å². The second-order valence-corrected chi connectivity index (χ2v) is 5.00. The van der Waals surface area contributed by atoms with Gasteiger partial charge in [0.2, 0.25) is 5.75 Å². The van der Waals surface area contributed by atoms with Crippen LogP contribution in [-0.4, -0.2) is 12.6 Å². The van der Waals surface area contributed by atoms with Gasteiger partial charge in [0.05, 0.1) is 6.61 Å². The van der Waals surface area contributed by atoms with Gasteiger partial charge in [-0.2, -0.15) is 0 Å². The van der Waals surface area contributed by atoms with Crippen LogP contribution in [0.3, 0.4) is 0 Å². The van der Waals surface area contributed by atoms with Gasteiger partial charge >= 0.3 is 5.97 Å². The number of carbonyl (C=O) groups excluding carboxylic acids is 1. The highest BCUT2D eigenvalue weighted by Crippen LogP contribution is 2.33. The molecule has 0 aliphatic heterocycles. The smallest absolute Gasteiger partial charge is 0.342 e. The standard InChI is InChI=1S/C18H15O3/c1-2-9-21-18(20)15-8-7-14-10-12-5-3-4-6-13(12)11-16(14)17(15)19/h3-8,10-11H,2,9H2,1H3. The minimum absolute atomic E-state index is 0.103. The van der Waals surface area contributed by atoms with Gasteiger partial charge < -0.3 is 4.74 Å². The van der Waals surface area contributed by atoms with Gasteiger partial charge in [0.15, 0.2) is 0 Å². The lowest BCUT2D eigenvalue weighted by atomic mass is 10.0. The number of ether oxygens (including phenoxy) is 1. The molecule has 0 amide bonds. The third-order valence-corrected chi connectivity index (χ3v) is 3.49. The molecule has 0 aliphatic carbocycles. The Morgan fingerprint density at radius 1 is 1.00 bits per heavy atom. The Morgan fingerprint density at radius 2 is 1.71 bits per heavy atom. The summed E-state index contributed by atoms with van der Waals surface area (Å²) in [5.41, 5.74) is 0.103. The number of fused-ring (bicyclic) bond motifs is 2. The maximum Gasteiger partial charge on any atom is 0.342 e. The predicted molar refractivity (Wildman–Crippen MR) is 82.2 cm³/mol. The molecule has 3 aromatic rings. The number of esters is 1. The third-order valence-electron chi connectivity index (χ3n) is 3.49. The molecule has 0 heterocycles. The molecule has 0 aliphatic rings. The molecule has 0 saturated carbocycles. The Bertz CT molecular complexity index is 821. The molecular formula is C18H15O3. The minimum atomic E-state index is -0.545. The van der Waals surface area contributed by atoms with Crippen molar-refractivity contribution in [2.45, 2.75) is 13.3 Å². The number of rotatable bonds is 3. The van der Waals surface area contributed by atoms with Crippen molar-refractivity contribution in [3.63, 3.8) is 0 Å². The maximum atomic E-state index is 12.5. The largest absolute Gasteiger partial charge is 0.462 e. The molecule has 0 saturated heterocycles. The SMILES string of the molecule is CCCOC(=O)c1ccc2cc3ccccc3cc2c1[O]. The van der Waals surface area contributed by atoms with E-state index in [-0.39, 0.29) is 11.3 Å². The zero-order valence-electron chi connectivity index (χ0n) is 11.8. The average Bonchev–Trinajstić information content (AvgIpc) is 2.51. The first kappa shape index (κ1) is 13.4. The Hall–Kier alpha value is -2.55. The van der Waals surface area contributed by atoms with E-state index < -0.39 is 5.97 Å². The van der Waals surface area contributed by atoms with Gasteiger partial charge in [0.25, 0.3) is 0 Å². The maximum absolute atomic E-state index is 12.5. The fraction of sp³-hybridized carbons (Fsp3) is 0.167. The van der Waals surface area contributed by atoms with Crippen LogP contribution in [0.1, 0.15) is 23.7 Å². The van der Waals surface area contributed by atoms with E-state index >= 15 is 0 Å². The summed E-state index contributed by atoms with van der Waals surface area (Å²) in [5.74, 6) is -0.809. The van der Waals surface area contributed by atoms with E-state index in [1.807, 2.05) is 43.3 Å². The Kier molecular flexibility index (Phi) is 3.48. The van der Waals surface area contributed by atoms with E-state index in [1.54, 1.807) is 12.1 Å². The van der Waals surface area contributed by atoms with Crippen LogP contribution in [0.25, 0.3) is 21.5 Å². The van der Waals surface area contributed by atoms with Crippen LogP contribution < -0.4 is 0 Å². The van der Waals surface area contributed by atoms with Gasteiger partial charge in [-0.3, -0.25) is 5.11 Å². The first-order valence-electron chi connectivity index (χ1n) is 7.00. The molecule has 0 aromatic heterocycles. The zero-order valence-corrected chi connectivity index (χ0v) is 11.8. The normalized spacial score (nSPS) is 10.9. The summed E-state index contributed by atoms with van der Waals surface area (Å²) in [6.07, 6.45) is 0.734. The van der Waals surface area contributed by atoms with Crippen molar-refractivity contribution >= 4 is 27.5 Å². The summed E-state index contributed by atoms with van der Waals surface area (Å²) in [5, 5.41) is 15.9. The highest BCUT2D eigenvalue weighted by molar-refractivity contribution is 6.05. The zero-order chi connectivity index (χ0) is 14.8. The van der Waals surface area contributed by atoms with Crippen LogP contribution in [-0.2, 0) is 9.84 Å². The van der Waals surface area contributed by atoms with Gasteiger partial charge in [0, 0.05) is 5.39 Å². The van der Waals surface area contributed by atoms with Gasteiger partial charge in [-0.05, 0) is 40.8 Å². The molecule has 0 N–H and O–H groups in total. The van der Waals surface area contributed by atoms with E-state index in [2.05, 4.69) is 0 Å². The molecule has 3 aromatic carbocycles. The summed E-state index contributed by atoms with van der Waals surface area (Å²) in [4.78, 5) is 11.9. The molecular weight excluding hydrogens is 264 g/mol. The van der Waals surface area contributed by atoms with Crippen LogP contribution in [0, 0.1) is 0 Å². The molecule has 3 heteroatoms. The van der Waals surface area contributed by atoms with Crippen molar-refractivity contribution in [1.82, 2.24) is 0 Å². The monoisotopic (exact) mass is 279 g/mol. The molecule has 0 atom stereocenters. The lowest BCUT2D eigenvalue weighted by Crippen LogP contribution is -2.06. The topological polar surface area (TPSA) is 46.2 Å². The summed E-state index contributed by atoms with van der Waals surface area (Å²) >= 11 is 0. The van der Waals surface area contributed by atoms with Gasteiger partial charge in [0.1, 0.15) is 5.56 Å². The van der Waals surface area contributed by atoms with Crippen molar-refractivity contribution in [3.05, 3.63) is 54.1 Å². The van der Waals surface area contributed by atoms with Crippen LogP contribution in [0.15, 0.2) is 48.5 Å². The second-order valence-electron chi connectivity index (χ2n) is 5.00. The molecule has 1 radical (unpaired) electrons. The molecule has 3 rings (SSSR count). The average molecular weight is 279 g/mol. The van der Waals surface area contributed by atoms with E-state index in [0.717, 1.165) is 22.6 Å². The fourth-order valence-corrected chi connectivity index (χ4v) is 2.42. The number of hydrogen-bond donors (Lipinski definition) is 0. The molecule has 0 spiro atoms. The van der Waals surface area contributed by atoms with Gasteiger partial charge in [-0.15, -0.1) is 0 Å². The molecule has 105 valence electrons. The van der Waals surface area contributed by atoms with Gasteiger partial charge in [-0.25, -0.2) is 4.79 Å². The number of benzene rings is 3. The summed E-state index contributed by atoms with van der Waals surface area (Å²) < 4.78 is 5.06. The van der Waals surface area contributed by atoms with E-state index in [9.17, 15) is 9.90 Å². The molecule has 0 unspecified atom stereocenters. The predicted octanol–water partition coefficient (Wildman–Crippen LogP) is 4.70. The van der Waals surface area contributed by atoms with E-state index in [4.69, 9.17) is 4.74 Å². The van der Waals surface area contributed by atoms with Crippen molar-refractivity contribution in [2.75, 3.05) is 6.61 Å². The van der Waals surface area contributed by atoms with Crippen LogP contribution >= 0.6 is 0 Å². The summed E-state index contributed by atoms with van der Waals surface area (Å²) in [7, 11) is 0. The molecule has 21 heavy (non-hydrogen) atoms. The Morgan fingerprint density at radius 3 is 2.43 bits per heavy atom. The summed E-state index contributed by atoms with van der Waals surface area (Å²) in [6, 6.07) is 15.0. The number of carbonyl (C=O) groups is 1. The molecule has 0 bridgehead atoms. The van der Waals surface area contributed by atoms with Crippen LogP contribution in [0.4, 0.5) is 0 Å². The highest BCUT2D eigenvalue weighted by Gasteiger charge is 2.17. The number of hydrogen-bond acceptors (Lipinski definition) is 2. The van der Waals surface area contributed by atoms with Crippen molar-refractivity contribution in [1.29, 1.82) is 0 Å². The van der Waals surface area contributed by atoms with E-state index in [1.165, 1.54) is 0 Å². The first-order chi connectivity index (χ1) is 10.2. The van der Waals surface area contributed by atoms with Gasteiger partial charge in [-0.1, -0.05) is 37.3 Å². The lowest BCUT2D eigenvalue weighted by Gasteiger charge is -2.07. The third kappa shape index (κ3) is 2.42. The van der Waals surface area contributed by atoms with Crippen molar-refractivity contribution in [3.8, 4) is 5.75 Å². The summed E-state index contributed by atoms with van der Waals surface area (Å²) in [6.45, 7) is 2.24. The lowest BCUT2D eigenvalue weighted by molar-refractivity contribution is 0.0500. The fourth-order valence-electron chi connectivity index (χ4n) is 2.42. The quantitative estimate of drug-likeness (QED) is 0.515. The highest BCUT2D eigenvalue weighted by atomic mass is 16.5. The van der Waals surface area contributed by atoms with Crippen molar-refractivity contribution < 1.29 is 14.6 Å². The Labute approximate surface area is 122 Å². The van der Waals surface area contributed by atoms with Crippen molar-refractivity contribution in [2.24, 2.45) is 0 Å². The molecule has 3 nitrogen and oxygen atoms in total.